The van der Waals surface area contributed by atoms with Crippen LogP contribution in [-0.4, -0.2) is 17.3 Å². The fraction of sp³-hybridized carbons (Fsp3) is 0.0526. The van der Waals surface area contributed by atoms with Crippen LogP contribution in [0.25, 0.3) is 12.2 Å². The second-order valence-electron chi connectivity index (χ2n) is 5.20. The van der Waals surface area contributed by atoms with Crippen LogP contribution in [0.1, 0.15) is 11.3 Å². The van der Waals surface area contributed by atoms with Crippen molar-refractivity contribution in [3.63, 3.8) is 0 Å². The normalized spacial score (nSPS) is 12.0. The number of para-hydroxylation sites is 2. The van der Waals surface area contributed by atoms with Crippen molar-refractivity contribution in [2.24, 2.45) is 0 Å². The van der Waals surface area contributed by atoms with E-state index in [0.29, 0.717) is 28.8 Å². The molecule has 0 unspecified atom stereocenters. The van der Waals surface area contributed by atoms with E-state index in [9.17, 15) is 0 Å². The smallest absolute Gasteiger partial charge is 0.282 e. The molecule has 0 spiro atoms. The Bertz CT molecular complexity index is 905. The lowest BCUT2D eigenvalue weighted by Gasteiger charge is -2.18. The van der Waals surface area contributed by atoms with Gasteiger partial charge in [0.1, 0.15) is 5.75 Å². The van der Waals surface area contributed by atoms with E-state index in [1.165, 1.54) is 0 Å². The van der Waals surface area contributed by atoms with E-state index >= 15 is 0 Å². The Morgan fingerprint density at radius 3 is 2.33 bits per heavy atom. The number of methoxy groups -OCH3 is 1. The Morgan fingerprint density at radius 1 is 0.833 bits per heavy atom. The Labute approximate surface area is 139 Å². The third kappa shape index (κ3) is 2.79. The van der Waals surface area contributed by atoms with Gasteiger partial charge >= 0.3 is 0 Å². The number of nitrogens with zero attached hydrogens (tertiary/aromatic N) is 2. The number of fused-ring (bicyclic) bond motifs is 2. The fourth-order valence-electron chi connectivity index (χ4n) is 2.34. The van der Waals surface area contributed by atoms with E-state index in [1.807, 2.05) is 60.7 Å². The van der Waals surface area contributed by atoms with Crippen LogP contribution in [0.4, 0.5) is 0 Å². The van der Waals surface area contributed by atoms with Crippen LogP contribution in [0.5, 0.6) is 28.9 Å². The first-order valence-corrected chi connectivity index (χ1v) is 7.46. The minimum Gasteiger partial charge on any atom is -0.497 e. The van der Waals surface area contributed by atoms with E-state index in [2.05, 4.69) is 10.2 Å². The standard InChI is InChI=1S/C19H14N2O3/c1-22-15-10-7-13(8-11-15)6-9-14-12-18-19(21-20-14)24-17-5-3-2-4-16(17)23-18/h2-12H,1H3/b9-6+. The SMILES string of the molecule is COc1ccc(/C=C/c2cc3c(nn2)Oc2ccccc2O3)cc1. The highest BCUT2D eigenvalue weighted by atomic mass is 16.6. The molecule has 0 saturated heterocycles. The second-order valence-corrected chi connectivity index (χ2v) is 5.20. The van der Waals surface area contributed by atoms with E-state index in [1.54, 1.807) is 13.2 Å². The number of hydrogen-bond acceptors (Lipinski definition) is 5. The summed E-state index contributed by atoms with van der Waals surface area (Å²) in [6, 6.07) is 17.0. The van der Waals surface area contributed by atoms with Gasteiger partial charge < -0.3 is 14.2 Å². The molecule has 1 aliphatic heterocycles. The van der Waals surface area contributed by atoms with Gasteiger partial charge in [-0.3, -0.25) is 0 Å². The van der Waals surface area contributed by atoms with Crippen LogP contribution in [0.2, 0.25) is 0 Å². The molecule has 5 nitrogen and oxygen atoms in total. The highest BCUT2D eigenvalue weighted by molar-refractivity contribution is 5.69. The first-order valence-electron chi connectivity index (χ1n) is 7.46. The molecule has 1 aromatic heterocycles. The molecule has 0 radical (unpaired) electrons. The molecule has 24 heavy (non-hydrogen) atoms. The second kappa shape index (κ2) is 6.04. The highest BCUT2D eigenvalue weighted by Crippen LogP contribution is 2.43. The molecular formula is C19H14N2O3. The van der Waals surface area contributed by atoms with Crippen LogP contribution in [0.3, 0.4) is 0 Å². The van der Waals surface area contributed by atoms with Crippen LogP contribution >= 0.6 is 0 Å². The maximum absolute atomic E-state index is 5.82. The van der Waals surface area contributed by atoms with Gasteiger partial charge in [-0.25, -0.2) is 0 Å². The van der Waals surface area contributed by atoms with Gasteiger partial charge in [-0.1, -0.05) is 30.3 Å². The van der Waals surface area contributed by atoms with E-state index < -0.39 is 0 Å². The zero-order chi connectivity index (χ0) is 16.4. The molecule has 0 aliphatic carbocycles. The maximum atomic E-state index is 5.82. The van der Waals surface area contributed by atoms with Gasteiger partial charge in [0, 0.05) is 6.07 Å². The van der Waals surface area contributed by atoms with Gasteiger partial charge in [0.2, 0.25) is 0 Å². The van der Waals surface area contributed by atoms with Crippen LogP contribution in [0.15, 0.2) is 54.6 Å². The predicted octanol–water partition coefficient (Wildman–Crippen LogP) is 4.55. The lowest BCUT2D eigenvalue weighted by Crippen LogP contribution is -2.02. The van der Waals surface area contributed by atoms with Gasteiger partial charge in [-0.2, -0.15) is 0 Å². The van der Waals surface area contributed by atoms with Gasteiger partial charge in [-0.15, -0.1) is 10.2 Å². The summed E-state index contributed by atoms with van der Waals surface area (Å²) in [6.45, 7) is 0. The summed E-state index contributed by atoms with van der Waals surface area (Å²) in [5, 5.41) is 8.24. The highest BCUT2D eigenvalue weighted by Gasteiger charge is 2.20. The van der Waals surface area contributed by atoms with Gasteiger partial charge in [0.05, 0.1) is 12.8 Å². The van der Waals surface area contributed by atoms with Gasteiger partial charge in [0.25, 0.3) is 5.88 Å². The Balaban J connectivity index is 1.56. The third-order valence-electron chi connectivity index (χ3n) is 3.58. The molecule has 0 fully saturated rings. The summed E-state index contributed by atoms with van der Waals surface area (Å²) in [5.41, 5.74) is 1.73. The molecule has 4 rings (SSSR count). The molecule has 0 amide bonds. The quantitative estimate of drug-likeness (QED) is 0.554. The van der Waals surface area contributed by atoms with Crippen LogP contribution < -0.4 is 14.2 Å². The van der Waals surface area contributed by atoms with Crippen molar-refractivity contribution < 1.29 is 14.2 Å². The van der Waals surface area contributed by atoms with Crippen molar-refractivity contribution in [1.29, 1.82) is 0 Å². The molecular weight excluding hydrogens is 304 g/mol. The molecule has 2 aromatic carbocycles. The zero-order valence-corrected chi connectivity index (χ0v) is 13.0. The summed E-state index contributed by atoms with van der Waals surface area (Å²) < 4.78 is 16.7. The fourth-order valence-corrected chi connectivity index (χ4v) is 2.34. The van der Waals surface area contributed by atoms with Crippen molar-refractivity contribution in [3.8, 4) is 28.9 Å². The number of aromatic nitrogens is 2. The number of rotatable bonds is 3. The molecule has 118 valence electrons. The molecule has 0 saturated carbocycles. The monoisotopic (exact) mass is 318 g/mol. The first-order chi connectivity index (χ1) is 11.8. The zero-order valence-electron chi connectivity index (χ0n) is 13.0. The average molecular weight is 318 g/mol. The first kappa shape index (κ1) is 14.3. The van der Waals surface area contributed by atoms with Crippen LogP contribution in [0, 0.1) is 0 Å². The Hall–Kier alpha value is -3.34. The lowest BCUT2D eigenvalue weighted by molar-refractivity contribution is 0.343. The van der Waals surface area contributed by atoms with Crippen LogP contribution in [-0.2, 0) is 0 Å². The van der Waals surface area contributed by atoms with Crippen molar-refractivity contribution >= 4 is 12.2 Å². The van der Waals surface area contributed by atoms with E-state index in [4.69, 9.17) is 14.2 Å². The lowest BCUT2D eigenvalue weighted by atomic mass is 10.2. The summed E-state index contributed by atoms with van der Waals surface area (Å²) in [7, 11) is 1.65. The van der Waals surface area contributed by atoms with Crippen molar-refractivity contribution in [2.75, 3.05) is 7.11 Å². The molecule has 2 heterocycles. The Morgan fingerprint density at radius 2 is 1.58 bits per heavy atom. The minimum atomic E-state index is 0.371. The molecule has 0 N–H and O–H groups in total. The topological polar surface area (TPSA) is 53.5 Å². The maximum Gasteiger partial charge on any atom is 0.282 e. The largest absolute Gasteiger partial charge is 0.497 e. The summed E-state index contributed by atoms with van der Waals surface area (Å²) in [4.78, 5) is 0. The van der Waals surface area contributed by atoms with Gasteiger partial charge in [0.15, 0.2) is 17.2 Å². The summed E-state index contributed by atoms with van der Waals surface area (Å²) >= 11 is 0. The minimum absolute atomic E-state index is 0.371. The van der Waals surface area contributed by atoms with Gasteiger partial charge in [-0.05, 0) is 35.9 Å². The average Bonchev–Trinajstić information content (AvgIpc) is 2.65. The number of hydrogen-bond donors (Lipinski definition) is 0. The summed E-state index contributed by atoms with van der Waals surface area (Å²) in [5.74, 6) is 3.06. The molecule has 0 atom stereocenters. The van der Waals surface area contributed by atoms with Crippen molar-refractivity contribution in [3.05, 3.63) is 65.9 Å². The third-order valence-corrected chi connectivity index (χ3v) is 3.58. The van der Waals surface area contributed by atoms with Crippen molar-refractivity contribution in [1.82, 2.24) is 10.2 Å². The number of benzene rings is 2. The van der Waals surface area contributed by atoms with E-state index in [-0.39, 0.29) is 0 Å². The predicted molar refractivity (Wildman–Crippen MR) is 90.5 cm³/mol. The molecule has 1 aliphatic rings. The van der Waals surface area contributed by atoms with E-state index in [0.717, 1.165) is 11.3 Å². The molecule has 3 aromatic rings. The number of ether oxygens (including phenoxy) is 3. The molecule has 5 heteroatoms. The molecule has 0 bridgehead atoms. The summed E-state index contributed by atoms with van der Waals surface area (Å²) in [6.07, 6.45) is 3.83. The van der Waals surface area contributed by atoms with Crippen molar-refractivity contribution in [2.45, 2.75) is 0 Å². The Kier molecular flexibility index (Phi) is 3.59.